The van der Waals surface area contributed by atoms with Gasteiger partial charge in [0.05, 0.1) is 19.0 Å². The van der Waals surface area contributed by atoms with Crippen LogP contribution in [0.1, 0.15) is 48.8 Å². The highest BCUT2D eigenvalue weighted by Crippen LogP contribution is 2.29. The van der Waals surface area contributed by atoms with Crippen molar-refractivity contribution in [2.45, 2.75) is 52.5 Å². The van der Waals surface area contributed by atoms with Crippen molar-refractivity contribution in [2.75, 3.05) is 38.0 Å². The molecule has 2 amide bonds. The van der Waals surface area contributed by atoms with E-state index in [2.05, 4.69) is 34.5 Å². The van der Waals surface area contributed by atoms with Gasteiger partial charge < -0.3 is 14.7 Å². The number of likely N-dealkylation sites (tertiary alicyclic amines) is 2. The van der Waals surface area contributed by atoms with Crippen molar-refractivity contribution in [3.05, 3.63) is 65.2 Å². The average Bonchev–Trinajstić information content (AvgIpc) is 2.82. The minimum absolute atomic E-state index is 0.00793. The second-order valence-electron chi connectivity index (χ2n) is 10.1. The van der Waals surface area contributed by atoms with E-state index in [1.807, 2.05) is 38.1 Å². The number of anilines is 1. The first-order valence-electron chi connectivity index (χ1n) is 12.5. The molecule has 1 N–H and O–H groups in total. The summed E-state index contributed by atoms with van der Waals surface area (Å²) in [7, 11) is 0. The van der Waals surface area contributed by atoms with Crippen molar-refractivity contribution in [3.8, 4) is 0 Å². The lowest BCUT2D eigenvalue weighted by Gasteiger charge is -2.44. The Morgan fingerprint density at radius 1 is 0.939 bits per heavy atom. The quantitative estimate of drug-likeness (QED) is 0.652. The smallest absolute Gasteiger partial charge is 0.279 e. The molecule has 0 saturated carbocycles. The SMILES string of the molecule is Cc1cccc(C)c1NC(=O)C[N+]1(Cc2ccccc2)CCCC(C(=O)N2CCCCC2)C1. The van der Waals surface area contributed by atoms with Crippen LogP contribution >= 0.6 is 0 Å². The number of nitrogens with one attached hydrogen (secondary N) is 1. The lowest BCUT2D eigenvalue weighted by atomic mass is 9.92. The Kier molecular flexibility index (Phi) is 7.49. The number of aryl methyl sites for hydroxylation is 2. The fraction of sp³-hybridized carbons (Fsp3) is 0.500. The highest BCUT2D eigenvalue weighted by Gasteiger charge is 2.41. The molecule has 0 radical (unpaired) electrons. The maximum Gasteiger partial charge on any atom is 0.279 e. The van der Waals surface area contributed by atoms with Gasteiger partial charge in [0.15, 0.2) is 6.54 Å². The van der Waals surface area contributed by atoms with E-state index in [1.165, 1.54) is 12.0 Å². The van der Waals surface area contributed by atoms with Crippen LogP contribution in [0.4, 0.5) is 5.69 Å². The number of hydrogen-bond acceptors (Lipinski definition) is 2. The minimum atomic E-state index is 0.00793. The van der Waals surface area contributed by atoms with E-state index >= 15 is 0 Å². The van der Waals surface area contributed by atoms with E-state index in [-0.39, 0.29) is 11.8 Å². The van der Waals surface area contributed by atoms with Crippen LogP contribution in [0.5, 0.6) is 0 Å². The number of carbonyl (C=O) groups excluding carboxylic acids is 2. The van der Waals surface area contributed by atoms with Crippen LogP contribution in [0.2, 0.25) is 0 Å². The summed E-state index contributed by atoms with van der Waals surface area (Å²) in [5.74, 6) is 0.350. The maximum atomic E-state index is 13.4. The number of hydrogen-bond donors (Lipinski definition) is 1. The Labute approximate surface area is 198 Å². The highest BCUT2D eigenvalue weighted by atomic mass is 16.2. The first-order valence-corrected chi connectivity index (χ1v) is 12.5. The maximum absolute atomic E-state index is 13.4. The average molecular weight is 449 g/mol. The fourth-order valence-electron chi connectivity index (χ4n) is 5.71. The molecule has 33 heavy (non-hydrogen) atoms. The summed E-state index contributed by atoms with van der Waals surface area (Å²) in [6.45, 7) is 8.69. The number of piperidine rings is 2. The van der Waals surface area contributed by atoms with Crippen LogP contribution in [-0.2, 0) is 16.1 Å². The number of quaternary nitrogens is 1. The van der Waals surface area contributed by atoms with Gasteiger partial charge in [-0.2, -0.15) is 0 Å². The first-order chi connectivity index (χ1) is 16.0. The molecule has 2 aromatic rings. The van der Waals surface area contributed by atoms with Gasteiger partial charge >= 0.3 is 0 Å². The summed E-state index contributed by atoms with van der Waals surface area (Å²) < 4.78 is 0.644. The van der Waals surface area contributed by atoms with Gasteiger partial charge in [-0.25, -0.2) is 0 Å². The highest BCUT2D eigenvalue weighted by molar-refractivity contribution is 5.93. The van der Waals surface area contributed by atoms with E-state index in [0.717, 1.165) is 75.2 Å². The molecule has 2 atom stereocenters. The summed E-state index contributed by atoms with van der Waals surface area (Å²) in [6.07, 6.45) is 5.36. The molecule has 4 rings (SSSR count). The predicted octanol–water partition coefficient (Wildman–Crippen LogP) is 4.68. The Hall–Kier alpha value is -2.66. The molecule has 5 nitrogen and oxygen atoms in total. The largest absolute Gasteiger partial charge is 0.342 e. The van der Waals surface area contributed by atoms with Crippen molar-refractivity contribution in [3.63, 3.8) is 0 Å². The molecule has 2 aromatic carbocycles. The monoisotopic (exact) mass is 448 g/mol. The Bertz CT molecular complexity index is 948. The zero-order chi connectivity index (χ0) is 23.3. The van der Waals surface area contributed by atoms with Gasteiger partial charge in [-0.1, -0.05) is 48.5 Å². The lowest BCUT2D eigenvalue weighted by Crippen LogP contribution is -2.59. The van der Waals surface area contributed by atoms with Crippen molar-refractivity contribution < 1.29 is 14.1 Å². The van der Waals surface area contributed by atoms with E-state index in [9.17, 15) is 9.59 Å². The molecule has 2 saturated heterocycles. The van der Waals surface area contributed by atoms with E-state index in [0.29, 0.717) is 16.9 Å². The summed E-state index contributed by atoms with van der Waals surface area (Å²) in [4.78, 5) is 28.8. The van der Waals surface area contributed by atoms with Crippen molar-refractivity contribution >= 4 is 17.5 Å². The number of benzene rings is 2. The zero-order valence-electron chi connectivity index (χ0n) is 20.2. The van der Waals surface area contributed by atoms with Crippen molar-refractivity contribution in [1.82, 2.24) is 4.90 Å². The number of rotatable bonds is 6. The van der Waals surface area contributed by atoms with Gasteiger partial charge in [0.1, 0.15) is 6.54 Å². The predicted molar refractivity (Wildman–Crippen MR) is 133 cm³/mol. The molecule has 2 fully saturated rings. The molecule has 2 aliphatic heterocycles. The van der Waals surface area contributed by atoms with Crippen LogP contribution in [-0.4, -0.2) is 53.9 Å². The topological polar surface area (TPSA) is 49.4 Å². The molecule has 5 heteroatoms. The summed E-state index contributed by atoms with van der Waals surface area (Å²) >= 11 is 0. The summed E-state index contributed by atoms with van der Waals surface area (Å²) in [6, 6.07) is 16.5. The van der Waals surface area contributed by atoms with Gasteiger partial charge in [0, 0.05) is 24.3 Å². The molecule has 0 aliphatic carbocycles. The third-order valence-corrected chi connectivity index (χ3v) is 7.40. The van der Waals surface area contributed by atoms with Crippen LogP contribution in [0.3, 0.4) is 0 Å². The van der Waals surface area contributed by atoms with Gasteiger partial charge in [-0.05, 0) is 57.1 Å². The van der Waals surface area contributed by atoms with Gasteiger partial charge in [-0.3, -0.25) is 9.59 Å². The standard InChI is InChI=1S/C28H37N3O2/c1-22-11-9-12-23(2)27(22)29-26(32)21-31(19-24-13-5-3-6-14-24)18-10-15-25(20-31)28(33)30-16-7-4-8-17-30/h3,5-6,9,11-14,25H,4,7-8,10,15-21H2,1-2H3/p+1. The molecule has 2 unspecified atom stereocenters. The summed E-state index contributed by atoms with van der Waals surface area (Å²) in [5, 5.41) is 3.19. The third kappa shape index (κ3) is 5.83. The molecule has 2 heterocycles. The summed E-state index contributed by atoms with van der Waals surface area (Å²) in [5.41, 5.74) is 4.30. The zero-order valence-corrected chi connectivity index (χ0v) is 20.2. The van der Waals surface area contributed by atoms with Gasteiger partial charge in [0.2, 0.25) is 5.91 Å². The van der Waals surface area contributed by atoms with Crippen LogP contribution in [0.15, 0.2) is 48.5 Å². The number of amides is 2. The van der Waals surface area contributed by atoms with Crippen LogP contribution in [0.25, 0.3) is 0 Å². The van der Waals surface area contributed by atoms with Gasteiger partial charge in [-0.15, -0.1) is 0 Å². The Balaban J connectivity index is 1.54. The third-order valence-electron chi connectivity index (χ3n) is 7.40. The lowest BCUT2D eigenvalue weighted by molar-refractivity contribution is -0.940. The molecular weight excluding hydrogens is 410 g/mol. The molecule has 0 aromatic heterocycles. The normalized spacial score (nSPS) is 23.2. The molecular formula is C28H38N3O2+. The number of para-hydroxylation sites is 1. The molecule has 0 bridgehead atoms. The van der Waals surface area contributed by atoms with Crippen molar-refractivity contribution in [1.29, 1.82) is 0 Å². The minimum Gasteiger partial charge on any atom is -0.342 e. The first kappa shape index (κ1) is 23.5. The van der Waals surface area contributed by atoms with Crippen LogP contribution < -0.4 is 5.32 Å². The number of nitrogens with zero attached hydrogens (tertiary/aromatic N) is 2. The number of carbonyl (C=O) groups is 2. The van der Waals surface area contributed by atoms with E-state index in [1.54, 1.807) is 0 Å². The van der Waals surface area contributed by atoms with E-state index < -0.39 is 0 Å². The molecule has 176 valence electrons. The second-order valence-corrected chi connectivity index (χ2v) is 10.1. The van der Waals surface area contributed by atoms with E-state index in [4.69, 9.17) is 0 Å². The van der Waals surface area contributed by atoms with Crippen LogP contribution in [0, 0.1) is 19.8 Å². The second kappa shape index (κ2) is 10.5. The Morgan fingerprint density at radius 2 is 1.64 bits per heavy atom. The van der Waals surface area contributed by atoms with Crippen molar-refractivity contribution in [2.24, 2.45) is 5.92 Å². The van der Waals surface area contributed by atoms with Gasteiger partial charge in [0.25, 0.3) is 5.91 Å². The molecule has 2 aliphatic rings. The molecule has 0 spiro atoms. The Morgan fingerprint density at radius 3 is 2.33 bits per heavy atom. The fourth-order valence-corrected chi connectivity index (χ4v) is 5.71.